The van der Waals surface area contributed by atoms with Gasteiger partial charge < -0.3 is 23.8 Å². The molecule has 0 radical (unpaired) electrons. The number of methoxy groups -OCH3 is 1. The molecule has 0 N–H and O–H groups in total. The number of likely N-dealkylation sites (tertiary alicyclic amines) is 1. The van der Waals surface area contributed by atoms with Crippen molar-refractivity contribution in [3.63, 3.8) is 0 Å². The lowest BCUT2D eigenvalue weighted by atomic mass is 9.78. The maximum Gasteiger partial charge on any atom is 0.331 e. The Morgan fingerprint density at radius 2 is 1.93 bits per heavy atom. The van der Waals surface area contributed by atoms with Crippen LogP contribution in [0.1, 0.15) is 44.1 Å². The molecular formula is C23H29NO6. The minimum absolute atomic E-state index is 0.0886. The van der Waals surface area contributed by atoms with Gasteiger partial charge in [-0.2, -0.15) is 0 Å². The summed E-state index contributed by atoms with van der Waals surface area (Å²) in [5.74, 6) is 1.66. The first kappa shape index (κ1) is 20.6. The Bertz CT molecular complexity index is 801. The van der Waals surface area contributed by atoms with Gasteiger partial charge in [-0.3, -0.25) is 4.79 Å². The summed E-state index contributed by atoms with van der Waals surface area (Å²) in [4.78, 5) is 26.8. The first-order chi connectivity index (χ1) is 14.7. The average molecular weight is 415 g/mol. The molecule has 1 aliphatic carbocycles. The summed E-state index contributed by atoms with van der Waals surface area (Å²) in [6, 6.07) is 3.86. The molecule has 4 rings (SSSR count). The van der Waals surface area contributed by atoms with Crippen molar-refractivity contribution < 1.29 is 28.5 Å². The van der Waals surface area contributed by atoms with E-state index in [0.29, 0.717) is 42.4 Å². The first-order valence-electron chi connectivity index (χ1n) is 10.8. The highest BCUT2D eigenvalue weighted by Gasteiger charge is 2.35. The highest BCUT2D eigenvalue weighted by Crippen LogP contribution is 2.40. The molecule has 2 fully saturated rings. The molecule has 0 bridgehead atoms. The zero-order valence-electron chi connectivity index (χ0n) is 17.4. The Morgan fingerprint density at radius 1 is 1.13 bits per heavy atom. The van der Waals surface area contributed by atoms with Gasteiger partial charge in [0.25, 0.3) is 5.91 Å². The SMILES string of the molecule is COc1cc(/C=C/C(=O)OCC(=O)N2CCC[C@@H]3CCCC[C@H]32)cc2c1OCCO2. The maximum atomic E-state index is 12.7. The maximum absolute atomic E-state index is 12.7. The lowest BCUT2D eigenvalue weighted by molar-refractivity contribution is -0.151. The number of carbonyl (C=O) groups is 2. The van der Waals surface area contributed by atoms with Crippen LogP contribution in [-0.4, -0.2) is 56.3 Å². The molecule has 2 aliphatic heterocycles. The van der Waals surface area contributed by atoms with Crippen molar-refractivity contribution in [2.75, 3.05) is 33.5 Å². The number of amides is 1. The number of benzene rings is 1. The van der Waals surface area contributed by atoms with Crippen LogP contribution in [0, 0.1) is 5.92 Å². The van der Waals surface area contributed by atoms with Crippen LogP contribution in [0.4, 0.5) is 0 Å². The predicted octanol–water partition coefficient (Wildman–Crippen LogP) is 3.20. The van der Waals surface area contributed by atoms with Crippen LogP contribution < -0.4 is 14.2 Å². The molecule has 1 amide bonds. The van der Waals surface area contributed by atoms with E-state index in [0.717, 1.165) is 24.9 Å². The lowest BCUT2D eigenvalue weighted by Crippen LogP contribution is -2.50. The van der Waals surface area contributed by atoms with E-state index >= 15 is 0 Å². The van der Waals surface area contributed by atoms with Crippen LogP contribution in [0.25, 0.3) is 6.08 Å². The van der Waals surface area contributed by atoms with Crippen molar-refractivity contribution in [3.8, 4) is 17.2 Å². The second-order valence-electron chi connectivity index (χ2n) is 8.03. The van der Waals surface area contributed by atoms with Crippen LogP contribution in [0.15, 0.2) is 18.2 Å². The van der Waals surface area contributed by atoms with E-state index in [1.807, 2.05) is 4.90 Å². The highest BCUT2D eigenvalue weighted by atomic mass is 16.6. The number of ether oxygens (including phenoxy) is 4. The number of hydrogen-bond donors (Lipinski definition) is 0. The van der Waals surface area contributed by atoms with Gasteiger partial charge in [0.2, 0.25) is 5.75 Å². The number of carbonyl (C=O) groups excluding carboxylic acids is 2. The van der Waals surface area contributed by atoms with Crippen LogP contribution in [0.5, 0.6) is 17.2 Å². The Morgan fingerprint density at radius 3 is 2.80 bits per heavy atom. The molecule has 2 atom stereocenters. The molecule has 7 nitrogen and oxygen atoms in total. The van der Waals surface area contributed by atoms with E-state index in [1.54, 1.807) is 25.3 Å². The molecule has 0 unspecified atom stereocenters. The molecular weight excluding hydrogens is 386 g/mol. The van der Waals surface area contributed by atoms with Gasteiger partial charge in [0.1, 0.15) is 13.2 Å². The van der Waals surface area contributed by atoms with Gasteiger partial charge >= 0.3 is 5.97 Å². The fourth-order valence-electron chi connectivity index (χ4n) is 4.75. The molecule has 2 heterocycles. The van der Waals surface area contributed by atoms with Crippen LogP contribution in [-0.2, 0) is 14.3 Å². The largest absolute Gasteiger partial charge is 0.493 e. The monoisotopic (exact) mass is 415 g/mol. The van der Waals surface area contributed by atoms with E-state index in [2.05, 4.69) is 0 Å². The minimum atomic E-state index is -0.547. The van der Waals surface area contributed by atoms with Gasteiger partial charge in [-0.05, 0) is 55.4 Å². The Kier molecular flexibility index (Phi) is 6.45. The van der Waals surface area contributed by atoms with E-state index in [-0.39, 0.29) is 12.5 Å². The fourth-order valence-corrected chi connectivity index (χ4v) is 4.75. The Balaban J connectivity index is 1.33. The summed E-state index contributed by atoms with van der Waals surface area (Å²) < 4.78 is 21.7. The third-order valence-electron chi connectivity index (χ3n) is 6.16. The number of rotatable bonds is 5. The van der Waals surface area contributed by atoms with Crippen LogP contribution in [0.2, 0.25) is 0 Å². The smallest absolute Gasteiger partial charge is 0.331 e. The standard InChI is InChI=1S/C23H29NO6/c1-27-19-13-16(14-20-23(19)29-12-11-28-20)8-9-22(26)30-15-21(25)24-10-4-6-17-5-2-3-7-18(17)24/h8-9,13-14,17-18H,2-7,10-12,15H2,1H3/b9-8+/t17-,18+/m0/s1. The molecule has 0 spiro atoms. The molecule has 3 aliphatic rings. The summed E-state index contributed by atoms with van der Waals surface area (Å²) in [6.45, 7) is 1.49. The fraction of sp³-hybridized carbons (Fsp3) is 0.565. The number of esters is 1. The van der Waals surface area contributed by atoms with Crippen molar-refractivity contribution in [2.45, 2.75) is 44.6 Å². The van der Waals surface area contributed by atoms with Gasteiger partial charge in [-0.1, -0.05) is 12.8 Å². The summed E-state index contributed by atoms with van der Waals surface area (Å²) >= 11 is 0. The third-order valence-corrected chi connectivity index (χ3v) is 6.16. The van der Waals surface area contributed by atoms with Crippen molar-refractivity contribution in [1.29, 1.82) is 0 Å². The summed E-state index contributed by atoms with van der Waals surface area (Å²) in [7, 11) is 1.55. The van der Waals surface area contributed by atoms with Gasteiger partial charge in [-0.25, -0.2) is 4.79 Å². The molecule has 0 aromatic heterocycles. The van der Waals surface area contributed by atoms with E-state index in [4.69, 9.17) is 18.9 Å². The molecule has 1 saturated carbocycles. The van der Waals surface area contributed by atoms with Crippen molar-refractivity contribution in [1.82, 2.24) is 4.90 Å². The van der Waals surface area contributed by atoms with Crippen LogP contribution >= 0.6 is 0 Å². The van der Waals surface area contributed by atoms with Crippen molar-refractivity contribution in [3.05, 3.63) is 23.8 Å². The normalized spacial score (nSPS) is 23.0. The minimum Gasteiger partial charge on any atom is -0.493 e. The first-order valence-corrected chi connectivity index (χ1v) is 10.8. The van der Waals surface area contributed by atoms with Gasteiger partial charge in [0.05, 0.1) is 7.11 Å². The summed E-state index contributed by atoms with van der Waals surface area (Å²) in [5.41, 5.74) is 0.723. The van der Waals surface area contributed by atoms with E-state index in [9.17, 15) is 9.59 Å². The Hall–Kier alpha value is -2.70. The quantitative estimate of drug-likeness (QED) is 0.543. The Labute approximate surface area is 176 Å². The summed E-state index contributed by atoms with van der Waals surface area (Å²) in [5, 5.41) is 0. The summed E-state index contributed by atoms with van der Waals surface area (Å²) in [6.07, 6.45) is 9.87. The highest BCUT2D eigenvalue weighted by molar-refractivity contribution is 5.89. The van der Waals surface area contributed by atoms with Crippen molar-refractivity contribution in [2.24, 2.45) is 5.92 Å². The number of hydrogen-bond acceptors (Lipinski definition) is 6. The lowest BCUT2D eigenvalue weighted by Gasteiger charge is -2.44. The van der Waals surface area contributed by atoms with Gasteiger partial charge in [0, 0.05) is 18.7 Å². The van der Waals surface area contributed by atoms with Gasteiger partial charge in [0.15, 0.2) is 18.1 Å². The van der Waals surface area contributed by atoms with Gasteiger partial charge in [-0.15, -0.1) is 0 Å². The second kappa shape index (κ2) is 9.41. The molecule has 1 aromatic rings. The number of fused-ring (bicyclic) bond motifs is 2. The average Bonchev–Trinajstić information content (AvgIpc) is 2.80. The third kappa shape index (κ3) is 4.55. The topological polar surface area (TPSA) is 74.3 Å². The molecule has 1 aromatic carbocycles. The second-order valence-corrected chi connectivity index (χ2v) is 8.03. The zero-order chi connectivity index (χ0) is 20.9. The van der Waals surface area contributed by atoms with Crippen LogP contribution in [0.3, 0.4) is 0 Å². The number of nitrogens with zero attached hydrogens (tertiary/aromatic N) is 1. The van der Waals surface area contributed by atoms with Crippen molar-refractivity contribution >= 4 is 18.0 Å². The molecule has 162 valence electrons. The van der Waals surface area contributed by atoms with E-state index in [1.165, 1.54) is 31.8 Å². The number of piperidine rings is 1. The molecule has 30 heavy (non-hydrogen) atoms. The molecule has 1 saturated heterocycles. The predicted molar refractivity (Wildman–Crippen MR) is 111 cm³/mol. The van der Waals surface area contributed by atoms with E-state index < -0.39 is 5.97 Å². The zero-order valence-corrected chi connectivity index (χ0v) is 17.4. The molecule has 7 heteroatoms.